The van der Waals surface area contributed by atoms with Gasteiger partial charge < -0.3 is 14.4 Å². The number of morpholine rings is 1. The molecular formula is C18H18ClN3O3. The van der Waals surface area contributed by atoms with E-state index in [0.29, 0.717) is 49.5 Å². The summed E-state index contributed by atoms with van der Waals surface area (Å²) in [6, 6.07) is 8.88. The fraction of sp³-hybridized carbons (Fsp3) is 0.389. The molecular weight excluding hydrogens is 342 g/mol. The SMILES string of the molecule is O=C(c1ccnc(-c2ccc(Cl)cc2)n1)N1CCOC2(CCOC2)C1. The summed E-state index contributed by atoms with van der Waals surface area (Å²) in [5.74, 6) is 0.405. The second-order valence-corrected chi connectivity index (χ2v) is 6.77. The van der Waals surface area contributed by atoms with Crippen molar-refractivity contribution < 1.29 is 14.3 Å². The maximum absolute atomic E-state index is 12.9. The Morgan fingerprint density at radius 3 is 2.80 bits per heavy atom. The van der Waals surface area contributed by atoms with E-state index in [9.17, 15) is 4.79 Å². The molecule has 6 nitrogen and oxygen atoms in total. The number of rotatable bonds is 2. The first-order chi connectivity index (χ1) is 12.2. The zero-order valence-corrected chi connectivity index (χ0v) is 14.4. The standard InChI is InChI=1S/C18H18ClN3O3/c19-14-3-1-13(2-4-14)16-20-7-5-15(21-16)17(23)22-8-10-25-18(11-22)6-9-24-12-18/h1-5,7H,6,8-12H2. The van der Waals surface area contributed by atoms with E-state index in [-0.39, 0.29) is 11.5 Å². The third-order valence-corrected chi connectivity index (χ3v) is 4.83. The van der Waals surface area contributed by atoms with Crippen molar-refractivity contribution in [3.63, 3.8) is 0 Å². The quantitative estimate of drug-likeness (QED) is 0.824. The summed E-state index contributed by atoms with van der Waals surface area (Å²) in [5.41, 5.74) is 0.845. The third-order valence-electron chi connectivity index (χ3n) is 4.58. The number of ether oxygens (including phenoxy) is 2. The third kappa shape index (κ3) is 3.38. The number of hydrogen-bond donors (Lipinski definition) is 0. The Bertz CT molecular complexity index is 775. The van der Waals surface area contributed by atoms with Gasteiger partial charge in [-0.1, -0.05) is 11.6 Å². The normalized spacial score (nSPS) is 23.2. The van der Waals surface area contributed by atoms with Crippen LogP contribution in [0.15, 0.2) is 36.5 Å². The molecule has 1 aromatic heterocycles. The second kappa shape index (κ2) is 6.71. The van der Waals surface area contributed by atoms with Gasteiger partial charge in [-0.05, 0) is 30.3 Å². The van der Waals surface area contributed by atoms with Crippen molar-refractivity contribution in [2.24, 2.45) is 0 Å². The molecule has 2 saturated heterocycles. The fourth-order valence-electron chi connectivity index (χ4n) is 3.22. The first-order valence-corrected chi connectivity index (χ1v) is 8.63. The van der Waals surface area contributed by atoms with Crippen molar-refractivity contribution in [1.82, 2.24) is 14.9 Å². The van der Waals surface area contributed by atoms with Crippen LogP contribution in [0.1, 0.15) is 16.9 Å². The van der Waals surface area contributed by atoms with E-state index < -0.39 is 0 Å². The Morgan fingerprint density at radius 1 is 1.20 bits per heavy atom. The summed E-state index contributed by atoms with van der Waals surface area (Å²) < 4.78 is 11.3. The van der Waals surface area contributed by atoms with Crippen molar-refractivity contribution in [3.8, 4) is 11.4 Å². The molecule has 2 aliphatic heterocycles. The molecule has 130 valence electrons. The van der Waals surface area contributed by atoms with E-state index in [1.165, 1.54) is 0 Å². The van der Waals surface area contributed by atoms with Gasteiger partial charge in [0.25, 0.3) is 5.91 Å². The van der Waals surface area contributed by atoms with Crippen LogP contribution in [-0.2, 0) is 9.47 Å². The highest BCUT2D eigenvalue weighted by molar-refractivity contribution is 6.30. The van der Waals surface area contributed by atoms with Crippen molar-refractivity contribution in [3.05, 3.63) is 47.2 Å². The van der Waals surface area contributed by atoms with E-state index in [1.54, 1.807) is 29.3 Å². The van der Waals surface area contributed by atoms with Crippen LogP contribution in [0.5, 0.6) is 0 Å². The largest absolute Gasteiger partial charge is 0.378 e. The number of benzene rings is 1. The summed E-state index contributed by atoms with van der Waals surface area (Å²) in [6.45, 7) is 2.82. The molecule has 0 aliphatic carbocycles. The molecule has 1 spiro atoms. The Labute approximate surface area is 150 Å². The predicted octanol–water partition coefficient (Wildman–Crippen LogP) is 2.43. The molecule has 0 radical (unpaired) electrons. The van der Waals surface area contributed by atoms with Gasteiger partial charge in [-0.2, -0.15) is 0 Å². The predicted molar refractivity (Wildman–Crippen MR) is 92.5 cm³/mol. The summed E-state index contributed by atoms with van der Waals surface area (Å²) in [5, 5.41) is 0.647. The van der Waals surface area contributed by atoms with Crippen LogP contribution in [0.3, 0.4) is 0 Å². The maximum atomic E-state index is 12.9. The van der Waals surface area contributed by atoms with Crippen LogP contribution in [0, 0.1) is 0 Å². The van der Waals surface area contributed by atoms with Crippen molar-refractivity contribution in [1.29, 1.82) is 0 Å². The van der Waals surface area contributed by atoms with Crippen LogP contribution in [-0.4, -0.2) is 59.3 Å². The molecule has 1 unspecified atom stereocenters. The van der Waals surface area contributed by atoms with Crippen LogP contribution >= 0.6 is 11.6 Å². The average Bonchev–Trinajstić information content (AvgIpc) is 3.09. The van der Waals surface area contributed by atoms with Gasteiger partial charge in [-0.3, -0.25) is 4.79 Å². The minimum atomic E-state index is -0.361. The van der Waals surface area contributed by atoms with Gasteiger partial charge in [-0.15, -0.1) is 0 Å². The average molecular weight is 360 g/mol. The lowest BCUT2D eigenvalue weighted by Crippen LogP contribution is -2.54. The summed E-state index contributed by atoms with van der Waals surface area (Å²) in [7, 11) is 0. The fourth-order valence-corrected chi connectivity index (χ4v) is 3.35. The van der Waals surface area contributed by atoms with Gasteiger partial charge >= 0.3 is 0 Å². The summed E-state index contributed by atoms with van der Waals surface area (Å²) >= 11 is 5.92. The molecule has 2 fully saturated rings. The van der Waals surface area contributed by atoms with Crippen LogP contribution in [0.25, 0.3) is 11.4 Å². The Morgan fingerprint density at radius 2 is 2.04 bits per heavy atom. The molecule has 25 heavy (non-hydrogen) atoms. The maximum Gasteiger partial charge on any atom is 0.272 e. The highest BCUT2D eigenvalue weighted by Gasteiger charge is 2.42. The summed E-state index contributed by atoms with van der Waals surface area (Å²) in [6.07, 6.45) is 2.43. The lowest BCUT2D eigenvalue weighted by Gasteiger charge is -2.39. The molecule has 1 atom stereocenters. The number of amides is 1. The molecule has 7 heteroatoms. The Balaban J connectivity index is 1.56. The van der Waals surface area contributed by atoms with Gasteiger partial charge in [0.15, 0.2) is 5.82 Å². The number of aromatic nitrogens is 2. The van der Waals surface area contributed by atoms with Crippen LogP contribution < -0.4 is 0 Å². The molecule has 4 rings (SSSR count). The van der Waals surface area contributed by atoms with Gasteiger partial charge in [0, 0.05) is 36.4 Å². The zero-order valence-electron chi connectivity index (χ0n) is 13.7. The Kier molecular flexibility index (Phi) is 4.41. The second-order valence-electron chi connectivity index (χ2n) is 6.33. The first-order valence-electron chi connectivity index (χ1n) is 8.25. The Hall–Kier alpha value is -2.02. The van der Waals surface area contributed by atoms with Gasteiger partial charge in [0.05, 0.1) is 19.8 Å². The minimum absolute atomic E-state index is 0.104. The number of carbonyl (C=O) groups is 1. The highest BCUT2D eigenvalue weighted by atomic mass is 35.5. The molecule has 0 saturated carbocycles. The van der Waals surface area contributed by atoms with Crippen molar-refractivity contribution in [2.45, 2.75) is 12.0 Å². The lowest BCUT2D eigenvalue weighted by atomic mass is 10.0. The van der Waals surface area contributed by atoms with E-state index in [0.717, 1.165) is 12.0 Å². The van der Waals surface area contributed by atoms with E-state index in [1.807, 2.05) is 12.1 Å². The van der Waals surface area contributed by atoms with E-state index in [2.05, 4.69) is 9.97 Å². The number of hydrogen-bond acceptors (Lipinski definition) is 5. The zero-order chi connectivity index (χ0) is 17.3. The lowest BCUT2D eigenvalue weighted by molar-refractivity contribution is -0.0996. The molecule has 1 aromatic carbocycles. The molecule has 3 heterocycles. The molecule has 0 bridgehead atoms. The van der Waals surface area contributed by atoms with Crippen molar-refractivity contribution in [2.75, 3.05) is 32.9 Å². The van der Waals surface area contributed by atoms with Crippen LogP contribution in [0.4, 0.5) is 0 Å². The van der Waals surface area contributed by atoms with Gasteiger partial charge in [0.2, 0.25) is 0 Å². The number of nitrogens with zero attached hydrogens (tertiary/aromatic N) is 3. The molecule has 2 aromatic rings. The van der Waals surface area contributed by atoms with Crippen molar-refractivity contribution >= 4 is 17.5 Å². The van der Waals surface area contributed by atoms with E-state index >= 15 is 0 Å². The smallest absolute Gasteiger partial charge is 0.272 e. The minimum Gasteiger partial charge on any atom is -0.378 e. The highest BCUT2D eigenvalue weighted by Crippen LogP contribution is 2.28. The number of halogens is 1. The molecule has 2 aliphatic rings. The van der Waals surface area contributed by atoms with Crippen LogP contribution in [0.2, 0.25) is 5.02 Å². The van der Waals surface area contributed by atoms with Gasteiger partial charge in [0.1, 0.15) is 11.3 Å². The summed E-state index contributed by atoms with van der Waals surface area (Å²) in [4.78, 5) is 23.4. The number of carbonyl (C=O) groups excluding carboxylic acids is 1. The first kappa shape index (κ1) is 16.4. The van der Waals surface area contributed by atoms with Gasteiger partial charge in [-0.25, -0.2) is 9.97 Å². The van der Waals surface area contributed by atoms with E-state index in [4.69, 9.17) is 21.1 Å². The molecule has 1 amide bonds. The topological polar surface area (TPSA) is 64.6 Å². The monoisotopic (exact) mass is 359 g/mol. The molecule has 0 N–H and O–H groups in total.